The molecule has 0 saturated heterocycles. The molecule has 0 aliphatic carbocycles. The first-order valence-electron chi connectivity index (χ1n) is 4.31. The Bertz CT molecular complexity index is 482. The first kappa shape index (κ1) is 8.94. The van der Waals surface area contributed by atoms with Crippen molar-refractivity contribution in [3.05, 3.63) is 35.8 Å². The number of aryl methyl sites for hydroxylation is 1. The van der Waals surface area contributed by atoms with E-state index in [2.05, 4.69) is 4.98 Å². The molecule has 1 heterocycles. The quantitative estimate of drug-likeness (QED) is 0.691. The SMILES string of the molecule is COc1cc(F)cc2ccc(C)nc12. The number of fused-ring (bicyclic) bond motifs is 1. The molecule has 0 aliphatic heterocycles. The molecule has 1 aromatic carbocycles. The Morgan fingerprint density at radius 3 is 2.79 bits per heavy atom. The number of halogens is 1. The highest BCUT2D eigenvalue weighted by Crippen LogP contribution is 2.25. The van der Waals surface area contributed by atoms with Crippen LogP contribution in [0.5, 0.6) is 5.75 Å². The molecule has 0 amide bonds. The standard InChI is InChI=1S/C11H10FNO/c1-7-3-4-8-5-9(12)6-10(14-2)11(8)13-7/h3-6H,1-2H3. The molecule has 0 spiro atoms. The molecular formula is C11H10FNO. The molecule has 2 aromatic rings. The smallest absolute Gasteiger partial charge is 0.148 e. The second kappa shape index (κ2) is 3.25. The topological polar surface area (TPSA) is 22.1 Å². The maximum absolute atomic E-state index is 13.1. The summed E-state index contributed by atoms with van der Waals surface area (Å²) in [7, 11) is 1.51. The number of aromatic nitrogens is 1. The number of ether oxygens (including phenoxy) is 1. The maximum atomic E-state index is 13.1. The molecule has 0 atom stereocenters. The van der Waals surface area contributed by atoms with Crippen molar-refractivity contribution in [2.45, 2.75) is 6.92 Å². The predicted molar refractivity (Wildman–Crippen MR) is 53.0 cm³/mol. The Balaban J connectivity index is 2.81. The van der Waals surface area contributed by atoms with Crippen LogP contribution in [0.25, 0.3) is 10.9 Å². The summed E-state index contributed by atoms with van der Waals surface area (Å²) < 4.78 is 18.1. The van der Waals surface area contributed by atoms with E-state index in [0.29, 0.717) is 11.3 Å². The summed E-state index contributed by atoms with van der Waals surface area (Å²) in [6, 6.07) is 6.48. The first-order chi connectivity index (χ1) is 6.70. The van der Waals surface area contributed by atoms with E-state index in [1.165, 1.54) is 19.2 Å². The van der Waals surface area contributed by atoms with Crippen molar-refractivity contribution < 1.29 is 9.13 Å². The van der Waals surface area contributed by atoms with Gasteiger partial charge in [-0.15, -0.1) is 0 Å². The summed E-state index contributed by atoms with van der Waals surface area (Å²) >= 11 is 0. The highest BCUT2D eigenvalue weighted by molar-refractivity contribution is 5.84. The van der Waals surface area contributed by atoms with Crippen molar-refractivity contribution in [2.24, 2.45) is 0 Å². The van der Waals surface area contributed by atoms with Gasteiger partial charge in [0.25, 0.3) is 0 Å². The van der Waals surface area contributed by atoms with Crippen molar-refractivity contribution >= 4 is 10.9 Å². The third-order valence-corrected chi connectivity index (χ3v) is 2.08. The van der Waals surface area contributed by atoms with Crippen LogP contribution in [-0.4, -0.2) is 12.1 Å². The maximum Gasteiger partial charge on any atom is 0.148 e. The van der Waals surface area contributed by atoms with Gasteiger partial charge in [-0.1, -0.05) is 6.07 Å². The molecule has 0 aliphatic rings. The van der Waals surface area contributed by atoms with Gasteiger partial charge in [-0.2, -0.15) is 0 Å². The largest absolute Gasteiger partial charge is 0.494 e. The Hall–Kier alpha value is -1.64. The van der Waals surface area contributed by atoms with Crippen LogP contribution in [0.3, 0.4) is 0 Å². The summed E-state index contributed by atoms with van der Waals surface area (Å²) in [6.45, 7) is 1.89. The second-order valence-corrected chi connectivity index (χ2v) is 3.13. The van der Waals surface area contributed by atoms with E-state index in [-0.39, 0.29) is 5.82 Å². The molecule has 0 fully saturated rings. The van der Waals surface area contributed by atoms with Gasteiger partial charge in [0.15, 0.2) is 0 Å². The fraction of sp³-hybridized carbons (Fsp3) is 0.182. The molecule has 2 nitrogen and oxygen atoms in total. The Labute approximate surface area is 81.3 Å². The molecular weight excluding hydrogens is 181 g/mol. The number of benzene rings is 1. The fourth-order valence-corrected chi connectivity index (χ4v) is 1.42. The predicted octanol–water partition coefficient (Wildman–Crippen LogP) is 2.69. The van der Waals surface area contributed by atoms with Crippen LogP contribution < -0.4 is 4.74 Å². The van der Waals surface area contributed by atoms with Crippen molar-refractivity contribution in [3.63, 3.8) is 0 Å². The van der Waals surface area contributed by atoms with Crippen LogP contribution in [0, 0.1) is 12.7 Å². The van der Waals surface area contributed by atoms with Gasteiger partial charge < -0.3 is 4.74 Å². The highest BCUT2D eigenvalue weighted by atomic mass is 19.1. The molecule has 14 heavy (non-hydrogen) atoms. The Morgan fingerprint density at radius 1 is 1.29 bits per heavy atom. The van der Waals surface area contributed by atoms with Crippen LogP contribution in [0.4, 0.5) is 4.39 Å². The van der Waals surface area contributed by atoms with Crippen molar-refractivity contribution in [1.82, 2.24) is 4.98 Å². The Morgan fingerprint density at radius 2 is 2.07 bits per heavy atom. The normalized spacial score (nSPS) is 10.5. The van der Waals surface area contributed by atoms with Gasteiger partial charge >= 0.3 is 0 Å². The lowest BCUT2D eigenvalue weighted by Crippen LogP contribution is -1.90. The summed E-state index contributed by atoms with van der Waals surface area (Å²) in [5.74, 6) is 0.170. The second-order valence-electron chi connectivity index (χ2n) is 3.13. The molecule has 2 rings (SSSR count). The van der Waals surface area contributed by atoms with Crippen LogP contribution in [0.15, 0.2) is 24.3 Å². The van der Waals surface area contributed by atoms with Crippen LogP contribution in [-0.2, 0) is 0 Å². The van der Waals surface area contributed by atoms with E-state index in [1.54, 1.807) is 0 Å². The van der Waals surface area contributed by atoms with Gasteiger partial charge in [-0.25, -0.2) is 9.37 Å². The molecule has 0 saturated carbocycles. The fourth-order valence-electron chi connectivity index (χ4n) is 1.42. The summed E-state index contributed by atoms with van der Waals surface area (Å²) in [4.78, 5) is 4.30. The average Bonchev–Trinajstić information content (AvgIpc) is 2.17. The van der Waals surface area contributed by atoms with E-state index in [0.717, 1.165) is 11.1 Å². The van der Waals surface area contributed by atoms with E-state index >= 15 is 0 Å². The van der Waals surface area contributed by atoms with E-state index in [1.807, 2.05) is 19.1 Å². The average molecular weight is 191 g/mol. The lowest BCUT2D eigenvalue weighted by molar-refractivity contribution is 0.415. The van der Waals surface area contributed by atoms with Crippen molar-refractivity contribution in [2.75, 3.05) is 7.11 Å². The minimum Gasteiger partial charge on any atom is -0.494 e. The van der Waals surface area contributed by atoms with E-state index in [9.17, 15) is 4.39 Å². The Kier molecular flexibility index (Phi) is 2.08. The monoisotopic (exact) mass is 191 g/mol. The van der Waals surface area contributed by atoms with Crippen LogP contribution in [0.1, 0.15) is 5.69 Å². The molecule has 0 radical (unpaired) electrons. The summed E-state index contributed by atoms with van der Waals surface area (Å²) in [5.41, 5.74) is 1.59. The van der Waals surface area contributed by atoms with Gasteiger partial charge in [0, 0.05) is 17.1 Å². The third-order valence-electron chi connectivity index (χ3n) is 2.08. The molecule has 72 valence electrons. The molecule has 0 N–H and O–H groups in total. The zero-order chi connectivity index (χ0) is 10.1. The minimum absolute atomic E-state index is 0.306. The van der Waals surface area contributed by atoms with E-state index in [4.69, 9.17) is 4.74 Å². The molecule has 3 heteroatoms. The molecule has 0 unspecified atom stereocenters. The number of hydrogen-bond donors (Lipinski definition) is 0. The lowest BCUT2D eigenvalue weighted by Gasteiger charge is -2.05. The number of rotatable bonds is 1. The zero-order valence-electron chi connectivity index (χ0n) is 8.04. The third kappa shape index (κ3) is 1.41. The highest BCUT2D eigenvalue weighted by Gasteiger charge is 2.05. The van der Waals surface area contributed by atoms with E-state index < -0.39 is 0 Å². The van der Waals surface area contributed by atoms with Gasteiger partial charge in [-0.05, 0) is 19.1 Å². The lowest BCUT2D eigenvalue weighted by atomic mass is 10.2. The molecule has 0 bridgehead atoms. The minimum atomic E-state index is -0.306. The van der Waals surface area contributed by atoms with Gasteiger partial charge in [0.1, 0.15) is 17.1 Å². The van der Waals surface area contributed by atoms with Crippen LogP contribution in [0.2, 0.25) is 0 Å². The summed E-state index contributed by atoms with van der Waals surface area (Å²) in [5, 5.41) is 0.757. The summed E-state index contributed by atoms with van der Waals surface area (Å²) in [6.07, 6.45) is 0. The van der Waals surface area contributed by atoms with Crippen LogP contribution >= 0.6 is 0 Å². The number of methoxy groups -OCH3 is 1. The first-order valence-corrected chi connectivity index (χ1v) is 4.31. The van der Waals surface area contributed by atoms with Crippen molar-refractivity contribution in [1.29, 1.82) is 0 Å². The molecule has 1 aromatic heterocycles. The van der Waals surface area contributed by atoms with Gasteiger partial charge in [0.2, 0.25) is 0 Å². The van der Waals surface area contributed by atoms with Crippen molar-refractivity contribution in [3.8, 4) is 5.75 Å². The number of nitrogens with zero attached hydrogens (tertiary/aromatic N) is 1. The van der Waals surface area contributed by atoms with Gasteiger partial charge in [-0.3, -0.25) is 0 Å². The number of pyridine rings is 1. The zero-order valence-corrected chi connectivity index (χ0v) is 8.04. The van der Waals surface area contributed by atoms with Gasteiger partial charge in [0.05, 0.1) is 7.11 Å². The number of hydrogen-bond acceptors (Lipinski definition) is 2.